The molecular weight excluding hydrogens is 394 g/mol. The van der Waals surface area contributed by atoms with Gasteiger partial charge in [-0.15, -0.1) is 5.10 Å². The van der Waals surface area contributed by atoms with Crippen LogP contribution in [0, 0.1) is 0 Å². The van der Waals surface area contributed by atoms with Crippen molar-refractivity contribution in [1.82, 2.24) is 25.1 Å². The van der Waals surface area contributed by atoms with Crippen LogP contribution in [0.4, 0.5) is 0 Å². The van der Waals surface area contributed by atoms with Gasteiger partial charge in [-0.3, -0.25) is 0 Å². The van der Waals surface area contributed by atoms with Crippen LogP contribution in [0.5, 0.6) is 5.75 Å². The van der Waals surface area contributed by atoms with Crippen molar-refractivity contribution in [2.75, 3.05) is 7.11 Å². The maximum atomic E-state index is 6.02. The molecule has 0 aliphatic carbocycles. The largest absolute Gasteiger partial charge is 0.497 e. The Hall–Kier alpha value is -3.23. The second kappa shape index (κ2) is 7.31. The summed E-state index contributed by atoms with van der Waals surface area (Å²) in [6.45, 7) is 0.898. The van der Waals surface area contributed by atoms with Crippen molar-refractivity contribution in [3.8, 4) is 28.7 Å². The molecule has 5 rings (SSSR count). The number of rotatable bonds is 4. The smallest absolute Gasteiger partial charge is 0.258 e. The first kappa shape index (κ1) is 17.8. The van der Waals surface area contributed by atoms with E-state index in [1.54, 1.807) is 7.11 Å². The minimum Gasteiger partial charge on any atom is -0.497 e. The average molecular weight is 410 g/mol. The summed E-state index contributed by atoms with van der Waals surface area (Å²) < 4.78 is 18.4. The molecule has 29 heavy (non-hydrogen) atoms. The Labute approximate surface area is 171 Å². The highest BCUT2D eigenvalue weighted by atomic mass is 35.5. The second-order valence-electron chi connectivity index (χ2n) is 6.57. The molecule has 3 heterocycles. The van der Waals surface area contributed by atoms with Gasteiger partial charge in [0.1, 0.15) is 11.9 Å². The lowest BCUT2D eigenvalue weighted by Crippen LogP contribution is -2.22. The molecule has 2 aromatic heterocycles. The monoisotopic (exact) mass is 409 g/mol. The van der Waals surface area contributed by atoms with Gasteiger partial charge in [-0.2, -0.15) is 4.98 Å². The van der Waals surface area contributed by atoms with Crippen LogP contribution in [0.3, 0.4) is 0 Å². The topological polar surface area (TPSA) is 88.1 Å². The van der Waals surface area contributed by atoms with Crippen molar-refractivity contribution in [3.05, 3.63) is 64.8 Å². The third-order valence-corrected chi connectivity index (χ3v) is 5.07. The zero-order chi connectivity index (χ0) is 19.8. The van der Waals surface area contributed by atoms with E-state index in [9.17, 15) is 0 Å². The summed E-state index contributed by atoms with van der Waals surface area (Å²) in [5.41, 5.74) is 3.21. The molecule has 146 valence electrons. The summed E-state index contributed by atoms with van der Waals surface area (Å²) in [4.78, 5) is 4.47. The van der Waals surface area contributed by atoms with Gasteiger partial charge in [0, 0.05) is 10.6 Å². The summed E-state index contributed by atoms with van der Waals surface area (Å²) >= 11 is 5.97. The number of benzene rings is 2. The molecule has 1 aliphatic heterocycles. The highest BCUT2D eigenvalue weighted by molar-refractivity contribution is 6.30. The van der Waals surface area contributed by atoms with Gasteiger partial charge in [0.2, 0.25) is 5.82 Å². The number of aromatic nitrogens is 5. The van der Waals surface area contributed by atoms with Gasteiger partial charge < -0.3 is 14.0 Å². The summed E-state index contributed by atoms with van der Waals surface area (Å²) in [6.07, 6.45) is -0.116. The number of fused-ring (bicyclic) bond motifs is 1. The normalized spacial score (nSPS) is 15.9. The van der Waals surface area contributed by atoms with Gasteiger partial charge in [0.25, 0.3) is 5.89 Å². The van der Waals surface area contributed by atoms with Crippen LogP contribution in [0.1, 0.15) is 17.4 Å². The Kier molecular flexibility index (Phi) is 4.49. The summed E-state index contributed by atoms with van der Waals surface area (Å²) in [7, 11) is 1.62. The summed E-state index contributed by atoms with van der Waals surface area (Å²) in [5, 5.41) is 13.3. The van der Waals surface area contributed by atoms with Crippen LogP contribution < -0.4 is 4.74 Å². The van der Waals surface area contributed by atoms with Crippen molar-refractivity contribution in [3.63, 3.8) is 0 Å². The molecule has 1 aliphatic rings. The standard InChI is InChI=1S/C20H16ClN5O3/c1-27-15-8-4-13(5-9-15)20-22-19(24-29-20)18-16-11-28-17(10-26(16)25-23-18)12-2-6-14(21)7-3-12/h2-9,17H,10-11H2,1H3/t17-/m0/s1. The molecule has 0 saturated heterocycles. The summed E-state index contributed by atoms with van der Waals surface area (Å²) in [6, 6.07) is 15.0. The highest BCUT2D eigenvalue weighted by Crippen LogP contribution is 2.31. The lowest BCUT2D eigenvalue weighted by atomic mass is 10.1. The van der Waals surface area contributed by atoms with Crippen LogP contribution in [-0.2, 0) is 17.9 Å². The molecule has 0 N–H and O–H groups in total. The van der Waals surface area contributed by atoms with E-state index in [-0.39, 0.29) is 6.10 Å². The molecule has 0 bridgehead atoms. The van der Waals surface area contributed by atoms with E-state index >= 15 is 0 Å². The fraction of sp³-hybridized carbons (Fsp3) is 0.200. The maximum Gasteiger partial charge on any atom is 0.258 e. The molecule has 9 heteroatoms. The van der Waals surface area contributed by atoms with Crippen LogP contribution in [0.25, 0.3) is 23.0 Å². The first-order valence-corrected chi connectivity index (χ1v) is 9.37. The Bertz CT molecular complexity index is 1140. The van der Waals surface area contributed by atoms with Crippen molar-refractivity contribution < 1.29 is 14.0 Å². The van der Waals surface area contributed by atoms with E-state index in [0.29, 0.717) is 35.6 Å². The predicted molar refractivity (Wildman–Crippen MR) is 104 cm³/mol. The Morgan fingerprint density at radius 2 is 1.90 bits per heavy atom. The molecule has 1 atom stereocenters. The number of halogens is 1. The minimum absolute atomic E-state index is 0.116. The number of ether oxygens (including phenoxy) is 2. The van der Waals surface area contributed by atoms with Crippen LogP contribution in [0.2, 0.25) is 5.02 Å². The predicted octanol–water partition coefficient (Wildman–Crippen LogP) is 3.93. The van der Waals surface area contributed by atoms with Crippen molar-refractivity contribution >= 4 is 11.6 Å². The molecule has 4 aromatic rings. The molecule has 0 radical (unpaired) electrons. The molecule has 0 spiro atoms. The minimum atomic E-state index is -0.116. The fourth-order valence-corrected chi connectivity index (χ4v) is 3.36. The van der Waals surface area contributed by atoms with Gasteiger partial charge in [-0.1, -0.05) is 34.1 Å². The van der Waals surface area contributed by atoms with Crippen LogP contribution >= 0.6 is 11.6 Å². The van der Waals surface area contributed by atoms with Crippen molar-refractivity contribution in [2.24, 2.45) is 0 Å². The first-order valence-electron chi connectivity index (χ1n) is 8.99. The number of nitrogens with zero attached hydrogens (tertiary/aromatic N) is 5. The Morgan fingerprint density at radius 3 is 2.66 bits per heavy atom. The van der Waals surface area contributed by atoms with Gasteiger partial charge in [-0.05, 0) is 42.0 Å². The number of hydrogen-bond donors (Lipinski definition) is 0. The maximum absolute atomic E-state index is 6.02. The molecular formula is C20H16ClN5O3. The van der Waals surface area contributed by atoms with Crippen molar-refractivity contribution in [2.45, 2.75) is 19.3 Å². The second-order valence-corrected chi connectivity index (χ2v) is 7.01. The Balaban J connectivity index is 1.39. The van der Waals surface area contributed by atoms with Crippen LogP contribution in [-0.4, -0.2) is 32.2 Å². The highest BCUT2D eigenvalue weighted by Gasteiger charge is 2.27. The van der Waals surface area contributed by atoms with E-state index in [1.165, 1.54) is 0 Å². The molecule has 2 aromatic carbocycles. The van der Waals surface area contributed by atoms with E-state index in [0.717, 1.165) is 22.6 Å². The first-order chi connectivity index (χ1) is 14.2. The molecule has 0 saturated carbocycles. The zero-order valence-corrected chi connectivity index (χ0v) is 16.2. The van der Waals surface area contributed by atoms with E-state index < -0.39 is 0 Å². The van der Waals surface area contributed by atoms with Gasteiger partial charge in [-0.25, -0.2) is 4.68 Å². The molecule has 8 nitrogen and oxygen atoms in total. The SMILES string of the molecule is COc1ccc(-c2nc(-c3nnn4c3CO[C@H](c3ccc(Cl)cc3)C4)no2)cc1. The number of hydrogen-bond acceptors (Lipinski definition) is 7. The third-order valence-electron chi connectivity index (χ3n) is 4.81. The molecule has 0 amide bonds. The van der Waals surface area contributed by atoms with E-state index in [2.05, 4.69) is 20.5 Å². The Morgan fingerprint density at radius 1 is 1.10 bits per heavy atom. The van der Waals surface area contributed by atoms with Crippen molar-refractivity contribution in [1.29, 1.82) is 0 Å². The average Bonchev–Trinajstić information content (AvgIpc) is 3.41. The van der Waals surface area contributed by atoms with Crippen LogP contribution in [0.15, 0.2) is 53.1 Å². The quantitative estimate of drug-likeness (QED) is 0.504. The van der Waals surface area contributed by atoms with E-state index in [1.807, 2.05) is 53.2 Å². The van der Waals surface area contributed by atoms with Gasteiger partial charge in [0.15, 0.2) is 5.69 Å². The molecule has 0 unspecified atom stereocenters. The number of methoxy groups -OCH3 is 1. The van der Waals surface area contributed by atoms with E-state index in [4.69, 9.17) is 25.6 Å². The molecule has 0 fully saturated rings. The van der Waals surface area contributed by atoms with Gasteiger partial charge >= 0.3 is 0 Å². The van der Waals surface area contributed by atoms with Gasteiger partial charge in [0.05, 0.1) is 26.0 Å². The third kappa shape index (κ3) is 3.37. The zero-order valence-electron chi connectivity index (χ0n) is 15.4. The lowest BCUT2D eigenvalue weighted by molar-refractivity contribution is -0.00111. The lowest BCUT2D eigenvalue weighted by Gasteiger charge is -2.24. The fourth-order valence-electron chi connectivity index (χ4n) is 3.23. The summed E-state index contributed by atoms with van der Waals surface area (Å²) in [5.74, 6) is 1.54.